The Balaban J connectivity index is 1.45. The van der Waals surface area contributed by atoms with E-state index in [-0.39, 0.29) is 11.9 Å². The number of likely N-dealkylation sites (tertiary alicyclic amines) is 1. The lowest BCUT2D eigenvalue weighted by Crippen LogP contribution is -2.52. The highest BCUT2D eigenvalue weighted by molar-refractivity contribution is 6.01. The fraction of sp³-hybridized carbons (Fsp3) is 0.625. The number of amides is 1. The van der Waals surface area contributed by atoms with Crippen molar-refractivity contribution in [2.75, 3.05) is 31.6 Å². The number of nitrogens with one attached hydrogen (secondary N) is 1. The lowest BCUT2D eigenvalue weighted by Gasteiger charge is -2.39. The second kappa shape index (κ2) is 9.90. The Bertz CT molecular complexity index is 949. The van der Waals surface area contributed by atoms with Gasteiger partial charge < -0.3 is 19.4 Å². The Morgan fingerprint density at radius 3 is 2.69 bits per heavy atom. The number of rotatable bonds is 6. The molecule has 3 heterocycles. The van der Waals surface area contributed by atoms with Crippen molar-refractivity contribution >= 4 is 29.0 Å². The SMILES string of the molecule is COC(=O)c1cccc2nc(N3CCCC[C@H]3C(=O)NCCN3[C@H](C)CCC[C@@H]3C)oc12. The predicted molar refractivity (Wildman–Crippen MR) is 123 cm³/mol. The van der Waals surface area contributed by atoms with Crippen molar-refractivity contribution in [2.45, 2.75) is 70.5 Å². The molecule has 4 rings (SSSR count). The number of piperidine rings is 2. The zero-order valence-corrected chi connectivity index (χ0v) is 19.3. The second-order valence-electron chi connectivity index (χ2n) is 9.00. The summed E-state index contributed by atoms with van der Waals surface area (Å²) in [4.78, 5) is 34.2. The Morgan fingerprint density at radius 2 is 1.94 bits per heavy atom. The summed E-state index contributed by atoms with van der Waals surface area (Å²) >= 11 is 0. The van der Waals surface area contributed by atoms with Gasteiger partial charge in [-0.05, 0) is 58.1 Å². The summed E-state index contributed by atoms with van der Waals surface area (Å²) in [6.07, 6.45) is 6.44. The van der Waals surface area contributed by atoms with E-state index in [4.69, 9.17) is 9.15 Å². The van der Waals surface area contributed by atoms with E-state index in [0.717, 1.165) is 25.8 Å². The number of nitrogens with zero attached hydrogens (tertiary/aromatic N) is 3. The van der Waals surface area contributed by atoms with Crippen molar-refractivity contribution in [1.29, 1.82) is 0 Å². The van der Waals surface area contributed by atoms with Crippen LogP contribution in [0, 0.1) is 0 Å². The quantitative estimate of drug-likeness (QED) is 0.687. The van der Waals surface area contributed by atoms with E-state index in [1.165, 1.54) is 26.4 Å². The molecule has 0 saturated carbocycles. The van der Waals surface area contributed by atoms with Crippen LogP contribution >= 0.6 is 0 Å². The minimum Gasteiger partial charge on any atom is -0.465 e. The number of carbonyl (C=O) groups excluding carboxylic acids is 2. The number of carbonyl (C=O) groups is 2. The van der Waals surface area contributed by atoms with Crippen molar-refractivity contribution in [3.05, 3.63) is 23.8 Å². The molecule has 0 bridgehead atoms. The summed E-state index contributed by atoms with van der Waals surface area (Å²) in [6.45, 7) is 6.75. The number of anilines is 1. The smallest absolute Gasteiger partial charge is 0.341 e. The lowest BCUT2D eigenvalue weighted by molar-refractivity contribution is -0.123. The van der Waals surface area contributed by atoms with E-state index in [1.54, 1.807) is 18.2 Å². The van der Waals surface area contributed by atoms with Crippen LogP contribution in [0.2, 0.25) is 0 Å². The summed E-state index contributed by atoms with van der Waals surface area (Å²) in [7, 11) is 1.34. The Labute approximate surface area is 189 Å². The minimum absolute atomic E-state index is 0.0115. The average molecular weight is 443 g/mol. The topological polar surface area (TPSA) is 87.9 Å². The molecule has 8 nitrogen and oxygen atoms in total. The number of ether oxygens (including phenoxy) is 1. The van der Waals surface area contributed by atoms with Crippen LogP contribution in [-0.2, 0) is 9.53 Å². The van der Waals surface area contributed by atoms with Crippen LogP contribution in [0.5, 0.6) is 0 Å². The molecular weight excluding hydrogens is 408 g/mol. The van der Waals surface area contributed by atoms with E-state index in [0.29, 0.717) is 47.9 Å². The normalized spacial score (nSPS) is 24.5. The van der Waals surface area contributed by atoms with Crippen molar-refractivity contribution in [3.8, 4) is 0 Å². The number of hydrogen-bond donors (Lipinski definition) is 1. The third-order valence-corrected chi connectivity index (χ3v) is 6.91. The highest BCUT2D eigenvalue weighted by atomic mass is 16.5. The van der Waals surface area contributed by atoms with Gasteiger partial charge in [-0.25, -0.2) is 4.79 Å². The molecule has 2 saturated heterocycles. The molecule has 174 valence electrons. The zero-order chi connectivity index (χ0) is 22.7. The monoisotopic (exact) mass is 442 g/mol. The summed E-state index contributed by atoms with van der Waals surface area (Å²) in [5, 5.41) is 3.15. The molecule has 1 N–H and O–H groups in total. The maximum absolute atomic E-state index is 13.1. The third-order valence-electron chi connectivity index (χ3n) is 6.91. The zero-order valence-electron chi connectivity index (χ0n) is 19.3. The highest BCUT2D eigenvalue weighted by Gasteiger charge is 2.32. The number of aromatic nitrogens is 1. The van der Waals surface area contributed by atoms with Crippen LogP contribution in [-0.4, -0.2) is 66.6 Å². The molecule has 1 aromatic heterocycles. The molecule has 1 aromatic carbocycles. The summed E-state index contributed by atoms with van der Waals surface area (Å²) in [5.41, 5.74) is 1.32. The first-order valence-corrected chi connectivity index (χ1v) is 11.8. The van der Waals surface area contributed by atoms with Crippen LogP contribution in [0.15, 0.2) is 22.6 Å². The molecule has 8 heteroatoms. The Kier molecular flexibility index (Phi) is 6.98. The molecule has 0 unspecified atom stereocenters. The summed E-state index contributed by atoms with van der Waals surface area (Å²) in [6, 6.07) is 6.39. The number of esters is 1. The Morgan fingerprint density at radius 1 is 1.16 bits per heavy atom. The summed E-state index contributed by atoms with van der Waals surface area (Å²) < 4.78 is 10.9. The molecular formula is C24H34N4O4. The number of para-hydroxylation sites is 1. The first-order chi connectivity index (χ1) is 15.5. The molecule has 2 fully saturated rings. The molecule has 0 aliphatic carbocycles. The van der Waals surface area contributed by atoms with Gasteiger partial charge in [0.1, 0.15) is 17.1 Å². The molecule has 32 heavy (non-hydrogen) atoms. The van der Waals surface area contributed by atoms with E-state index in [2.05, 4.69) is 29.0 Å². The van der Waals surface area contributed by atoms with Gasteiger partial charge in [0.25, 0.3) is 6.01 Å². The van der Waals surface area contributed by atoms with Crippen LogP contribution in [0.3, 0.4) is 0 Å². The van der Waals surface area contributed by atoms with Crippen LogP contribution < -0.4 is 10.2 Å². The lowest BCUT2D eigenvalue weighted by atomic mass is 9.97. The maximum atomic E-state index is 13.1. The predicted octanol–water partition coefficient (Wildman–Crippen LogP) is 3.35. The molecule has 1 amide bonds. The van der Waals surface area contributed by atoms with Crippen LogP contribution in [0.25, 0.3) is 11.1 Å². The van der Waals surface area contributed by atoms with E-state index < -0.39 is 5.97 Å². The fourth-order valence-corrected chi connectivity index (χ4v) is 5.11. The first-order valence-electron chi connectivity index (χ1n) is 11.8. The first kappa shape index (κ1) is 22.6. The van der Waals surface area contributed by atoms with E-state index in [9.17, 15) is 9.59 Å². The molecule has 2 aliphatic rings. The van der Waals surface area contributed by atoms with Gasteiger partial charge in [0.05, 0.1) is 7.11 Å². The molecule has 0 spiro atoms. The third kappa shape index (κ3) is 4.60. The maximum Gasteiger partial charge on any atom is 0.341 e. The van der Waals surface area contributed by atoms with Gasteiger partial charge >= 0.3 is 5.97 Å². The van der Waals surface area contributed by atoms with Crippen molar-refractivity contribution in [2.24, 2.45) is 0 Å². The van der Waals surface area contributed by atoms with Crippen molar-refractivity contribution in [1.82, 2.24) is 15.2 Å². The summed E-state index contributed by atoms with van der Waals surface area (Å²) in [5.74, 6) is -0.454. The van der Waals surface area contributed by atoms with Gasteiger partial charge in [-0.2, -0.15) is 4.98 Å². The van der Waals surface area contributed by atoms with Gasteiger partial charge in [0, 0.05) is 31.7 Å². The fourth-order valence-electron chi connectivity index (χ4n) is 5.11. The minimum atomic E-state index is -0.465. The second-order valence-corrected chi connectivity index (χ2v) is 9.00. The van der Waals surface area contributed by atoms with Crippen molar-refractivity contribution < 1.29 is 18.7 Å². The van der Waals surface area contributed by atoms with Crippen molar-refractivity contribution in [3.63, 3.8) is 0 Å². The van der Waals surface area contributed by atoms with Gasteiger partial charge in [-0.1, -0.05) is 12.5 Å². The van der Waals surface area contributed by atoms with E-state index >= 15 is 0 Å². The number of oxazole rings is 1. The molecule has 0 radical (unpaired) electrons. The highest BCUT2D eigenvalue weighted by Crippen LogP contribution is 2.30. The average Bonchev–Trinajstić information content (AvgIpc) is 3.24. The number of benzene rings is 1. The van der Waals surface area contributed by atoms with Gasteiger partial charge in [-0.15, -0.1) is 0 Å². The van der Waals surface area contributed by atoms with E-state index in [1.807, 2.05) is 4.90 Å². The molecule has 2 aliphatic heterocycles. The van der Waals surface area contributed by atoms with Gasteiger partial charge in [0.15, 0.2) is 5.58 Å². The van der Waals surface area contributed by atoms with Crippen LogP contribution in [0.4, 0.5) is 6.01 Å². The largest absolute Gasteiger partial charge is 0.465 e. The van der Waals surface area contributed by atoms with Gasteiger partial charge in [-0.3, -0.25) is 9.69 Å². The standard InChI is InChI=1S/C24H34N4O4/c1-16-8-6-9-17(2)27(16)15-13-25-22(29)20-12-4-5-14-28(20)24-26-19-11-7-10-18(21(19)32-24)23(30)31-3/h7,10-11,16-17,20H,4-6,8-9,12-15H2,1-3H3,(H,25,29)/t16-,17+,20-/m0/s1. The van der Waals surface area contributed by atoms with Crippen LogP contribution in [0.1, 0.15) is 62.7 Å². The van der Waals surface area contributed by atoms with Gasteiger partial charge in [0.2, 0.25) is 5.91 Å². The number of methoxy groups -OCH3 is 1. The molecule has 2 aromatic rings. The molecule has 3 atom stereocenters. The number of fused-ring (bicyclic) bond motifs is 1. The number of hydrogen-bond acceptors (Lipinski definition) is 7. The Hall–Kier alpha value is -2.61.